The molecule has 1 fully saturated rings. The fraction of sp³-hybridized carbons (Fsp3) is 0.533. The summed E-state index contributed by atoms with van der Waals surface area (Å²) in [4.78, 5) is 29.1. The molecular weight excluding hydrogens is 283 g/mol. The average molecular weight is 304 g/mol. The van der Waals surface area contributed by atoms with Crippen LogP contribution in [-0.4, -0.2) is 54.0 Å². The second-order valence-electron chi connectivity index (χ2n) is 6.62. The highest BCUT2D eigenvalue weighted by molar-refractivity contribution is 6.62. The van der Waals surface area contributed by atoms with Gasteiger partial charge in [-0.25, -0.2) is 0 Å². The fourth-order valence-electron chi connectivity index (χ4n) is 2.02. The molecule has 2 heterocycles. The lowest BCUT2D eigenvalue weighted by molar-refractivity contribution is -0.124. The van der Waals surface area contributed by atoms with Gasteiger partial charge in [-0.1, -0.05) is 0 Å². The Kier molecular flexibility index (Phi) is 4.15. The Morgan fingerprint density at radius 3 is 2.14 bits per heavy atom. The molecule has 1 aliphatic rings. The summed E-state index contributed by atoms with van der Waals surface area (Å²) in [7, 11) is 2.46. The molecule has 0 atom stereocenters. The molecule has 22 heavy (non-hydrogen) atoms. The van der Waals surface area contributed by atoms with Crippen LogP contribution in [0.25, 0.3) is 0 Å². The van der Waals surface area contributed by atoms with E-state index in [1.807, 2.05) is 27.7 Å². The van der Waals surface area contributed by atoms with Crippen LogP contribution in [0.2, 0.25) is 0 Å². The van der Waals surface area contributed by atoms with Crippen LogP contribution in [0, 0.1) is 0 Å². The maximum atomic E-state index is 12.1. The van der Waals surface area contributed by atoms with Crippen LogP contribution >= 0.6 is 0 Å². The first-order valence-corrected chi connectivity index (χ1v) is 7.12. The number of amides is 1. The van der Waals surface area contributed by atoms with Crippen molar-refractivity contribution in [3.63, 3.8) is 0 Å². The first-order valence-electron chi connectivity index (χ1n) is 7.12. The molecule has 1 aromatic heterocycles. The fourth-order valence-corrected chi connectivity index (χ4v) is 2.02. The predicted octanol–water partition coefficient (Wildman–Crippen LogP) is 0.652. The van der Waals surface area contributed by atoms with Crippen molar-refractivity contribution in [1.82, 2.24) is 9.88 Å². The number of Topliss-reactive ketones (excluding diaryl/α,β-unsaturated/α-hetero) is 1. The molecule has 0 aliphatic carbocycles. The molecule has 118 valence electrons. The Bertz CT molecular complexity index is 597. The summed E-state index contributed by atoms with van der Waals surface area (Å²) in [5.74, 6) is -1.19. The van der Waals surface area contributed by atoms with Crippen molar-refractivity contribution < 1.29 is 18.9 Å². The van der Waals surface area contributed by atoms with Crippen LogP contribution in [0.3, 0.4) is 0 Å². The molecule has 1 saturated heterocycles. The molecule has 1 amide bonds. The van der Waals surface area contributed by atoms with Crippen molar-refractivity contribution in [1.29, 1.82) is 0 Å². The highest BCUT2D eigenvalue weighted by Gasteiger charge is 2.51. The zero-order chi connectivity index (χ0) is 16.7. The summed E-state index contributed by atoms with van der Waals surface area (Å²) in [6.45, 7) is 7.80. The quantitative estimate of drug-likeness (QED) is 0.466. The molecule has 1 aliphatic heterocycles. The highest BCUT2D eigenvalue weighted by Crippen LogP contribution is 2.36. The Morgan fingerprint density at radius 1 is 1.09 bits per heavy atom. The van der Waals surface area contributed by atoms with Crippen LogP contribution in [0.5, 0.6) is 0 Å². The SMILES string of the molecule is CN(C)C(=O)C(=O)c1cncc(B2OC(C)(C)C(C)(C)O2)c1. The van der Waals surface area contributed by atoms with Gasteiger partial charge in [-0.3, -0.25) is 14.6 Å². The van der Waals surface area contributed by atoms with Gasteiger partial charge in [0.05, 0.1) is 11.2 Å². The molecule has 0 spiro atoms. The molecule has 0 aromatic carbocycles. The normalized spacial score (nSPS) is 19.1. The van der Waals surface area contributed by atoms with Gasteiger partial charge in [0.15, 0.2) is 0 Å². The Morgan fingerprint density at radius 2 is 1.64 bits per heavy atom. The van der Waals surface area contributed by atoms with E-state index in [0.717, 1.165) is 0 Å². The van der Waals surface area contributed by atoms with E-state index < -0.39 is 30.0 Å². The molecule has 0 radical (unpaired) electrons. The summed E-state index contributed by atoms with van der Waals surface area (Å²) < 4.78 is 11.8. The summed E-state index contributed by atoms with van der Waals surface area (Å²) in [5, 5.41) is 0. The summed E-state index contributed by atoms with van der Waals surface area (Å²) in [6, 6.07) is 1.60. The number of hydrogen-bond acceptors (Lipinski definition) is 5. The van der Waals surface area contributed by atoms with E-state index >= 15 is 0 Å². The number of likely N-dealkylation sites (N-methyl/N-ethyl adjacent to an activating group) is 1. The number of carbonyl (C=O) groups is 2. The molecule has 0 bridgehead atoms. The number of aromatic nitrogens is 1. The third kappa shape index (κ3) is 2.91. The molecule has 7 heteroatoms. The third-order valence-corrected chi connectivity index (χ3v) is 4.15. The lowest BCUT2D eigenvalue weighted by Crippen LogP contribution is -2.41. The number of carbonyl (C=O) groups excluding carboxylic acids is 2. The van der Waals surface area contributed by atoms with Crippen LogP contribution in [0.4, 0.5) is 0 Å². The average Bonchev–Trinajstić information content (AvgIpc) is 2.66. The minimum absolute atomic E-state index is 0.228. The van der Waals surface area contributed by atoms with Gasteiger partial charge in [0.25, 0.3) is 11.7 Å². The Hall–Kier alpha value is -1.73. The van der Waals surface area contributed by atoms with Gasteiger partial charge in [-0.15, -0.1) is 0 Å². The molecule has 0 unspecified atom stereocenters. The van der Waals surface area contributed by atoms with Crippen molar-refractivity contribution in [3.05, 3.63) is 24.0 Å². The van der Waals surface area contributed by atoms with Gasteiger partial charge in [0.2, 0.25) is 0 Å². The van der Waals surface area contributed by atoms with E-state index in [4.69, 9.17) is 9.31 Å². The van der Waals surface area contributed by atoms with E-state index in [1.54, 1.807) is 12.3 Å². The smallest absolute Gasteiger partial charge is 0.399 e. The molecule has 2 rings (SSSR count). The van der Waals surface area contributed by atoms with Gasteiger partial charge in [-0.2, -0.15) is 0 Å². The lowest BCUT2D eigenvalue weighted by Gasteiger charge is -2.32. The molecule has 1 aromatic rings. The van der Waals surface area contributed by atoms with Gasteiger partial charge in [-0.05, 0) is 33.8 Å². The monoisotopic (exact) mass is 304 g/mol. The minimum atomic E-state index is -0.611. The number of ketones is 1. The van der Waals surface area contributed by atoms with Crippen molar-refractivity contribution in [3.8, 4) is 0 Å². The van der Waals surface area contributed by atoms with E-state index in [1.165, 1.54) is 25.2 Å². The van der Waals surface area contributed by atoms with E-state index in [-0.39, 0.29) is 5.56 Å². The summed E-state index contributed by atoms with van der Waals surface area (Å²) in [5.41, 5.74) is -0.101. The largest absolute Gasteiger partial charge is 0.496 e. The highest BCUT2D eigenvalue weighted by atomic mass is 16.7. The van der Waals surface area contributed by atoms with Gasteiger partial charge >= 0.3 is 7.12 Å². The van der Waals surface area contributed by atoms with Crippen LogP contribution in [0.15, 0.2) is 18.5 Å². The van der Waals surface area contributed by atoms with E-state index in [2.05, 4.69) is 4.98 Å². The first-order chi connectivity index (χ1) is 10.0. The summed E-state index contributed by atoms with van der Waals surface area (Å²) in [6.07, 6.45) is 2.96. The van der Waals surface area contributed by atoms with Crippen molar-refractivity contribution in [2.45, 2.75) is 38.9 Å². The van der Waals surface area contributed by atoms with Crippen molar-refractivity contribution in [2.24, 2.45) is 0 Å². The maximum Gasteiger partial charge on any atom is 0.496 e. The topological polar surface area (TPSA) is 68.7 Å². The second-order valence-corrected chi connectivity index (χ2v) is 6.62. The van der Waals surface area contributed by atoms with Gasteiger partial charge < -0.3 is 14.2 Å². The number of nitrogens with zero attached hydrogens (tertiary/aromatic N) is 2. The third-order valence-electron chi connectivity index (χ3n) is 4.15. The Labute approximate surface area is 130 Å². The van der Waals surface area contributed by atoms with Crippen LogP contribution in [-0.2, 0) is 14.1 Å². The first kappa shape index (κ1) is 16.6. The van der Waals surface area contributed by atoms with Crippen LogP contribution in [0.1, 0.15) is 38.1 Å². The predicted molar refractivity (Wildman–Crippen MR) is 83.0 cm³/mol. The molecule has 0 N–H and O–H groups in total. The Balaban J connectivity index is 2.27. The second kappa shape index (κ2) is 5.48. The van der Waals surface area contributed by atoms with Gasteiger partial charge in [0, 0.05) is 37.5 Å². The molecule has 0 saturated carbocycles. The zero-order valence-electron chi connectivity index (χ0n) is 13.8. The summed E-state index contributed by atoms with van der Waals surface area (Å²) >= 11 is 0. The van der Waals surface area contributed by atoms with E-state index in [0.29, 0.717) is 5.46 Å². The minimum Gasteiger partial charge on any atom is -0.399 e. The van der Waals surface area contributed by atoms with Gasteiger partial charge in [0.1, 0.15) is 0 Å². The lowest BCUT2D eigenvalue weighted by atomic mass is 9.79. The van der Waals surface area contributed by atoms with Crippen LogP contribution < -0.4 is 5.46 Å². The van der Waals surface area contributed by atoms with Crippen molar-refractivity contribution >= 4 is 24.3 Å². The molecular formula is C15H21BN2O4. The van der Waals surface area contributed by atoms with E-state index in [9.17, 15) is 9.59 Å². The number of rotatable bonds is 3. The molecule has 6 nitrogen and oxygen atoms in total. The van der Waals surface area contributed by atoms with Crippen molar-refractivity contribution in [2.75, 3.05) is 14.1 Å². The number of pyridine rings is 1. The number of hydrogen-bond donors (Lipinski definition) is 0. The maximum absolute atomic E-state index is 12.1. The standard InChI is InChI=1S/C15H21BN2O4/c1-14(2)15(3,4)22-16(21-14)11-7-10(8-17-9-11)12(19)13(20)18(5)6/h7-9H,1-6H3. The zero-order valence-corrected chi connectivity index (χ0v) is 13.8.